The van der Waals surface area contributed by atoms with Crippen LogP contribution in [0.3, 0.4) is 0 Å². The van der Waals surface area contributed by atoms with Crippen LogP contribution in [0.15, 0.2) is 11.8 Å². The van der Waals surface area contributed by atoms with Crippen LogP contribution in [0.25, 0.3) is 0 Å². The number of rotatable bonds is 11. The molecule has 2 saturated heterocycles. The van der Waals surface area contributed by atoms with Crippen LogP contribution in [-0.2, 0) is 28.5 Å². The van der Waals surface area contributed by atoms with Crippen molar-refractivity contribution >= 4 is 5.91 Å². The monoisotopic (exact) mass is 682 g/mol. The Kier molecular flexibility index (Phi) is 23.5. The number of aliphatic hydroxyl groups excluding tert-OH is 2. The van der Waals surface area contributed by atoms with E-state index < -0.39 is 31.0 Å². The Morgan fingerprint density at radius 3 is 2.30 bits per heavy atom. The summed E-state index contributed by atoms with van der Waals surface area (Å²) in [6.45, 7) is 5.63. The Hall–Kier alpha value is -1.58. The Labute approximate surface area is 278 Å². The van der Waals surface area contributed by atoms with Gasteiger partial charge in [-0.05, 0) is 44.7 Å². The van der Waals surface area contributed by atoms with E-state index in [1.54, 1.807) is 7.11 Å². The molecular weight excluding hydrogens is 619 g/mol. The molecule has 3 fully saturated rings. The molecule has 278 valence electrons. The lowest BCUT2D eigenvalue weighted by atomic mass is 9.86. The molecule has 3 aliphatic heterocycles. The maximum atomic E-state index is 12.4. The molecule has 0 aromatic rings. The van der Waals surface area contributed by atoms with Crippen LogP contribution >= 0.6 is 0 Å². The van der Waals surface area contributed by atoms with E-state index in [-0.39, 0.29) is 42.8 Å². The summed E-state index contributed by atoms with van der Waals surface area (Å²) in [7, 11) is 1.58. The van der Waals surface area contributed by atoms with E-state index in [1.807, 2.05) is 6.92 Å². The number of methoxy groups -OCH3 is 1. The highest BCUT2D eigenvalue weighted by Crippen LogP contribution is 2.28. The number of alkyl halides is 1. The van der Waals surface area contributed by atoms with Gasteiger partial charge in [0, 0.05) is 58.2 Å². The maximum Gasteiger partial charge on any atom is 0.251 e. The minimum atomic E-state index is -1.09. The molecule has 10 atom stereocenters. The van der Waals surface area contributed by atoms with Gasteiger partial charge in [-0.1, -0.05) is 6.92 Å². The van der Waals surface area contributed by atoms with Gasteiger partial charge in [0.1, 0.15) is 5.76 Å². The van der Waals surface area contributed by atoms with Crippen molar-refractivity contribution in [2.75, 3.05) is 59.7 Å². The third-order valence-corrected chi connectivity index (χ3v) is 7.78. The van der Waals surface area contributed by atoms with E-state index in [1.165, 1.54) is 0 Å². The van der Waals surface area contributed by atoms with Crippen molar-refractivity contribution in [2.45, 2.75) is 113 Å². The largest absolute Gasteiger partial charge is 0.497 e. The summed E-state index contributed by atoms with van der Waals surface area (Å²) in [4.78, 5) is 11.2. The fourth-order valence-corrected chi connectivity index (χ4v) is 5.39. The molecule has 0 aromatic heterocycles. The Morgan fingerprint density at radius 1 is 1.06 bits per heavy atom. The van der Waals surface area contributed by atoms with Crippen LogP contribution in [0.2, 0.25) is 0 Å². The summed E-state index contributed by atoms with van der Waals surface area (Å²) in [6, 6.07) is -1.22. The standard InChI is InChI=1S/C14H26FN3O4.C8H16N2O.C6H14N2O3.C2H7N/c1-20-14-10(17)4-8(18-12(19)6-15)5-11(14)22-13-3-2-9(7-16)21-13;9-4-5-10-7-8-3-1-2-6-11-8;7-2-3-1-4(9)5(8)6(10)11-3;1-2-3/h8-11,13-14H,2-7,16-17H2,1H3,(H,18,19);3,10H,1-2,4-7,9H2;3-6,9-10H,1-2,7-8H2;2-3H2,1H3/t8?,9?,10?,11?,13?,14-;;3-,4?,5-,6+;/m1.1./s1. The maximum absolute atomic E-state index is 12.4. The number of carbonyl (C=O) groups excluding carboxylic acids is 1. The van der Waals surface area contributed by atoms with Crippen molar-refractivity contribution in [1.82, 2.24) is 10.6 Å². The predicted octanol–water partition coefficient (Wildman–Crippen LogP) is -2.64. The Bertz CT molecular complexity index is 842. The fraction of sp³-hybridized carbons (Fsp3) is 0.900. The van der Waals surface area contributed by atoms with Crippen molar-refractivity contribution in [3.8, 4) is 0 Å². The first-order valence-corrected chi connectivity index (χ1v) is 16.6. The SMILES string of the molecule is CCN.CO[C@@H]1C(N)CC(NC(=O)CF)CC1OC1CCC(CN)O1.NCCNCC1=CCCCO1.NC[C@H]1CC(O)[C@@H](N)[C@@H](O)O1. The number of allylic oxidation sites excluding steroid dienone is 1. The minimum absolute atomic E-state index is 0.0188. The van der Waals surface area contributed by atoms with Gasteiger partial charge >= 0.3 is 0 Å². The number of carbonyl (C=O) groups is 1. The first kappa shape index (κ1) is 43.4. The quantitative estimate of drug-likeness (QED) is 0.0997. The molecular formula is C30H63FN8O8. The lowest BCUT2D eigenvalue weighted by Gasteiger charge is -2.40. The molecule has 1 saturated carbocycles. The molecule has 47 heavy (non-hydrogen) atoms. The van der Waals surface area contributed by atoms with Gasteiger partial charge in [-0.2, -0.15) is 0 Å². The molecule has 1 amide bonds. The van der Waals surface area contributed by atoms with E-state index in [0.29, 0.717) is 38.9 Å². The lowest BCUT2D eigenvalue weighted by Crippen LogP contribution is -2.57. The number of nitrogens with two attached hydrogens (primary N) is 6. The van der Waals surface area contributed by atoms with Gasteiger partial charge in [0.2, 0.25) is 0 Å². The van der Waals surface area contributed by atoms with E-state index in [9.17, 15) is 14.3 Å². The normalized spacial score (nSPS) is 33.4. The molecule has 1 aliphatic carbocycles. The van der Waals surface area contributed by atoms with Crippen LogP contribution in [0.5, 0.6) is 0 Å². The number of nitrogens with one attached hydrogen (secondary N) is 2. The molecule has 0 bridgehead atoms. The molecule has 6 unspecified atom stereocenters. The van der Waals surface area contributed by atoms with Crippen molar-refractivity contribution in [3.05, 3.63) is 11.8 Å². The van der Waals surface area contributed by atoms with Crippen molar-refractivity contribution in [2.24, 2.45) is 34.4 Å². The second kappa shape index (κ2) is 25.4. The average Bonchev–Trinajstić information content (AvgIpc) is 3.52. The number of amides is 1. The van der Waals surface area contributed by atoms with Crippen molar-refractivity contribution < 1.29 is 43.1 Å². The highest BCUT2D eigenvalue weighted by Gasteiger charge is 2.40. The fourth-order valence-electron chi connectivity index (χ4n) is 5.39. The number of hydrogen-bond acceptors (Lipinski definition) is 15. The smallest absolute Gasteiger partial charge is 0.251 e. The summed E-state index contributed by atoms with van der Waals surface area (Å²) < 4.78 is 39.8. The minimum Gasteiger partial charge on any atom is -0.497 e. The van der Waals surface area contributed by atoms with E-state index >= 15 is 0 Å². The van der Waals surface area contributed by atoms with Crippen LogP contribution in [0.1, 0.15) is 51.9 Å². The molecule has 3 heterocycles. The Morgan fingerprint density at radius 2 is 1.77 bits per heavy atom. The second-order valence-electron chi connectivity index (χ2n) is 11.7. The summed E-state index contributed by atoms with van der Waals surface area (Å²) in [5, 5.41) is 24.1. The number of ether oxygens (including phenoxy) is 5. The lowest BCUT2D eigenvalue weighted by molar-refractivity contribution is -0.199. The zero-order valence-corrected chi connectivity index (χ0v) is 28.1. The van der Waals surface area contributed by atoms with E-state index in [2.05, 4.69) is 16.7 Å². The van der Waals surface area contributed by atoms with Crippen molar-refractivity contribution in [1.29, 1.82) is 0 Å². The molecule has 16 N–H and O–H groups in total. The topological polar surface area (TPSA) is 284 Å². The summed E-state index contributed by atoms with van der Waals surface area (Å²) in [6.07, 6.45) is 4.54. The highest BCUT2D eigenvalue weighted by atomic mass is 19.1. The van der Waals surface area contributed by atoms with Crippen molar-refractivity contribution in [3.63, 3.8) is 0 Å². The van der Waals surface area contributed by atoms with Gasteiger partial charge < -0.3 is 78.9 Å². The van der Waals surface area contributed by atoms with Crippen LogP contribution in [0.4, 0.5) is 4.39 Å². The van der Waals surface area contributed by atoms with Gasteiger partial charge in [-0.25, -0.2) is 4.39 Å². The molecule has 0 aromatic carbocycles. The van der Waals surface area contributed by atoms with Crippen LogP contribution in [-0.4, -0.2) is 137 Å². The first-order valence-electron chi connectivity index (χ1n) is 16.6. The molecule has 4 rings (SSSR count). The van der Waals surface area contributed by atoms with Gasteiger partial charge in [-0.15, -0.1) is 0 Å². The first-order chi connectivity index (χ1) is 22.6. The molecule has 4 aliphatic rings. The van der Waals surface area contributed by atoms with Crippen LogP contribution < -0.4 is 45.0 Å². The predicted molar refractivity (Wildman–Crippen MR) is 176 cm³/mol. The van der Waals surface area contributed by atoms with Crippen LogP contribution in [0, 0.1) is 0 Å². The van der Waals surface area contributed by atoms with Gasteiger partial charge in [0.05, 0.1) is 49.7 Å². The summed E-state index contributed by atoms with van der Waals surface area (Å²) in [5.74, 6) is 0.442. The van der Waals surface area contributed by atoms with Gasteiger partial charge in [0.15, 0.2) is 19.3 Å². The Balaban J connectivity index is 0.000000370. The number of hydrogen-bond donors (Lipinski definition) is 10. The van der Waals surface area contributed by atoms with E-state index in [0.717, 1.165) is 57.7 Å². The van der Waals surface area contributed by atoms with Gasteiger partial charge in [0.25, 0.3) is 5.91 Å². The third-order valence-electron chi connectivity index (χ3n) is 7.78. The third kappa shape index (κ3) is 17.1. The molecule has 0 radical (unpaired) electrons. The zero-order chi connectivity index (χ0) is 35.2. The number of halogens is 1. The summed E-state index contributed by atoms with van der Waals surface area (Å²) >= 11 is 0. The molecule has 16 nitrogen and oxygen atoms in total. The van der Waals surface area contributed by atoms with Gasteiger partial charge in [-0.3, -0.25) is 4.79 Å². The summed E-state index contributed by atoms with van der Waals surface area (Å²) in [5.41, 5.74) is 32.5. The molecule has 17 heteroatoms. The average molecular weight is 683 g/mol. The van der Waals surface area contributed by atoms with E-state index in [4.69, 9.17) is 63.2 Å². The molecule has 0 spiro atoms. The highest BCUT2D eigenvalue weighted by molar-refractivity contribution is 5.77. The number of aliphatic hydroxyl groups is 2. The second-order valence-corrected chi connectivity index (χ2v) is 11.7. The zero-order valence-electron chi connectivity index (χ0n) is 28.1.